The highest BCUT2D eigenvalue weighted by atomic mass is 32.1. The van der Waals surface area contributed by atoms with E-state index in [0.717, 1.165) is 22.0 Å². The van der Waals surface area contributed by atoms with Crippen molar-refractivity contribution in [2.75, 3.05) is 13.1 Å². The number of aromatic amines is 1. The fraction of sp³-hybridized carbons (Fsp3) is 0.438. The molecule has 1 aliphatic rings. The van der Waals surface area contributed by atoms with Gasteiger partial charge in [0.25, 0.3) is 5.91 Å². The van der Waals surface area contributed by atoms with E-state index in [1.165, 1.54) is 11.3 Å². The lowest BCUT2D eigenvalue weighted by molar-refractivity contribution is 0.0757. The molecule has 1 amide bonds. The standard InChI is InChI=1S/C16H19N5O2S/c1-9-5-12(19-18-9)6-11-7-20(8-13(11)22)15(23)14-10(2)17-16-21(14)3-4-24-16/h3-5,11,13,22H,6-8H2,1-2H3,(H,18,19)/t11-,13+/m1/s1. The molecule has 0 bridgehead atoms. The molecule has 2 atom stereocenters. The molecule has 7 nitrogen and oxygen atoms in total. The topological polar surface area (TPSA) is 86.5 Å². The number of nitrogens with one attached hydrogen (secondary N) is 1. The minimum atomic E-state index is -0.530. The second-order valence-corrected chi connectivity index (χ2v) is 7.26. The molecule has 0 aliphatic carbocycles. The van der Waals surface area contributed by atoms with E-state index in [1.54, 1.807) is 4.90 Å². The van der Waals surface area contributed by atoms with Crippen molar-refractivity contribution in [3.8, 4) is 0 Å². The zero-order valence-corrected chi connectivity index (χ0v) is 14.4. The molecule has 2 N–H and O–H groups in total. The molecule has 0 spiro atoms. The Bertz CT molecular complexity index is 895. The number of hydrogen-bond acceptors (Lipinski definition) is 5. The van der Waals surface area contributed by atoms with Crippen molar-refractivity contribution in [2.45, 2.75) is 26.4 Å². The largest absolute Gasteiger partial charge is 0.391 e. The van der Waals surface area contributed by atoms with Gasteiger partial charge in [-0.25, -0.2) is 4.98 Å². The molecule has 0 aromatic carbocycles. The van der Waals surface area contributed by atoms with Gasteiger partial charge in [-0.2, -0.15) is 5.10 Å². The number of fused-ring (bicyclic) bond motifs is 1. The van der Waals surface area contributed by atoms with E-state index < -0.39 is 6.10 Å². The number of thiazole rings is 1. The van der Waals surface area contributed by atoms with Gasteiger partial charge >= 0.3 is 0 Å². The van der Waals surface area contributed by atoms with Gasteiger partial charge in [-0.15, -0.1) is 11.3 Å². The monoisotopic (exact) mass is 345 g/mol. The van der Waals surface area contributed by atoms with Gasteiger partial charge in [-0.1, -0.05) is 0 Å². The van der Waals surface area contributed by atoms with Gasteiger partial charge in [-0.3, -0.25) is 14.3 Å². The zero-order valence-electron chi connectivity index (χ0n) is 13.6. The van der Waals surface area contributed by atoms with Crippen LogP contribution in [-0.2, 0) is 6.42 Å². The Hall–Kier alpha value is -2.19. The fourth-order valence-electron chi connectivity index (χ4n) is 3.37. The highest BCUT2D eigenvalue weighted by Crippen LogP contribution is 2.25. The molecule has 8 heteroatoms. The Morgan fingerprint density at radius 1 is 1.46 bits per heavy atom. The van der Waals surface area contributed by atoms with Gasteiger partial charge < -0.3 is 10.0 Å². The molecule has 4 rings (SSSR count). The smallest absolute Gasteiger partial charge is 0.272 e. The number of H-pyrrole nitrogens is 1. The van der Waals surface area contributed by atoms with Crippen LogP contribution in [0.3, 0.4) is 0 Å². The fourth-order valence-corrected chi connectivity index (χ4v) is 4.13. The number of aliphatic hydroxyl groups excluding tert-OH is 1. The van der Waals surface area contributed by atoms with Crippen LogP contribution in [0.15, 0.2) is 17.6 Å². The van der Waals surface area contributed by atoms with Crippen molar-refractivity contribution in [2.24, 2.45) is 5.92 Å². The molecule has 24 heavy (non-hydrogen) atoms. The third-order valence-corrected chi connectivity index (χ3v) is 5.32. The number of β-amino-alcohol motifs (C(OH)–C–C–N with tert-alkyl or cyclic N) is 1. The molecule has 3 aromatic rings. The van der Waals surface area contributed by atoms with Crippen LogP contribution in [0.5, 0.6) is 0 Å². The summed E-state index contributed by atoms with van der Waals surface area (Å²) in [6.45, 7) is 4.68. The molecule has 3 aromatic heterocycles. The van der Waals surface area contributed by atoms with Crippen molar-refractivity contribution in [1.82, 2.24) is 24.5 Å². The molecule has 1 saturated heterocycles. The summed E-state index contributed by atoms with van der Waals surface area (Å²) in [6, 6.07) is 1.98. The molecule has 126 valence electrons. The zero-order chi connectivity index (χ0) is 16.8. The van der Waals surface area contributed by atoms with E-state index in [4.69, 9.17) is 0 Å². The molecule has 0 saturated carbocycles. The Morgan fingerprint density at radius 3 is 3.04 bits per heavy atom. The summed E-state index contributed by atoms with van der Waals surface area (Å²) in [5.41, 5.74) is 3.24. The number of amides is 1. The van der Waals surface area contributed by atoms with Gasteiger partial charge in [0.1, 0.15) is 5.69 Å². The minimum absolute atomic E-state index is 0.00263. The van der Waals surface area contributed by atoms with Crippen molar-refractivity contribution in [3.05, 3.63) is 40.4 Å². The number of imidazole rings is 1. The summed E-state index contributed by atoms with van der Waals surface area (Å²) < 4.78 is 1.83. The van der Waals surface area contributed by atoms with Gasteiger partial charge in [0.2, 0.25) is 0 Å². The number of carbonyl (C=O) groups excluding carboxylic acids is 1. The number of carbonyl (C=O) groups is 1. The van der Waals surface area contributed by atoms with Gasteiger partial charge in [0.15, 0.2) is 4.96 Å². The van der Waals surface area contributed by atoms with E-state index in [1.807, 2.05) is 35.9 Å². The number of likely N-dealkylation sites (tertiary alicyclic amines) is 1. The molecule has 1 fully saturated rings. The lowest BCUT2D eigenvalue weighted by Crippen LogP contribution is -2.31. The molecule has 1 aliphatic heterocycles. The number of rotatable bonds is 3. The Morgan fingerprint density at radius 2 is 2.29 bits per heavy atom. The van der Waals surface area contributed by atoms with Crippen molar-refractivity contribution >= 4 is 22.2 Å². The second kappa shape index (κ2) is 5.71. The van der Waals surface area contributed by atoms with Crippen LogP contribution >= 0.6 is 11.3 Å². The van der Waals surface area contributed by atoms with Crippen LogP contribution in [0, 0.1) is 19.8 Å². The van der Waals surface area contributed by atoms with E-state index in [2.05, 4.69) is 15.2 Å². The van der Waals surface area contributed by atoms with Crippen LogP contribution in [0.4, 0.5) is 0 Å². The summed E-state index contributed by atoms with van der Waals surface area (Å²) in [4.78, 5) is 19.9. The summed E-state index contributed by atoms with van der Waals surface area (Å²) in [5, 5.41) is 19.4. The Kier molecular flexibility index (Phi) is 3.65. The average Bonchev–Trinajstić information content (AvgIpc) is 3.26. The van der Waals surface area contributed by atoms with Crippen LogP contribution in [0.25, 0.3) is 4.96 Å². The van der Waals surface area contributed by atoms with Crippen LogP contribution < -0.4 is 0 Å². The van der Waals surface area contributed by atoms with Crippen LogP contribution in [0.1, 0.15) is 27.6 Å². The first-order valence-corrected chi connectivity index (χ1v) is 8.81. The van der Waals surface area contributed by atoms with Crippen LogP contribution in [-0.4, -0.2) is 54.7 Å². The Labute approximate surface area is 142 Å². The molecular weight excluding hydrogens is 326 g/mol. The number of hydrogen-bond donors (Lipinski definition) is 2. The second-order valence-electron chi connectivity index (χ2n) is 6.39. The molecular formula is C16H19N5O2S. The van der Waals surface area contributed by atoms with Crippen molar-refractivity contribution in [3.63, 3.8) is 0 Å². The quantitative estimate of drug-likeness (QED) is 0.751. The normalized spacial score (nSPS) is 21.0. The predicted molar refractivity (Wildman–Crippen MR) is 90.2 cm³/mol. The highest BCUT2D eigenvalue weighted by Gasteiger charge is 2.36. The third kappa shape index (κ3) is 2.51. The lowest BCUT2D eigenvalue weighted by Gasteiger charge is -2.15. The van der Waals surface area contributed by atoms with Crippen molar-refractivity contribution in [1.29, 1.82) is 0 Å². The van der Waals surface area contributed by atoms with E-state index in [0.29, 0.717) is 25.2 Å². The van der Waals surface area contributed by atoms with Gasteiger partial charge in [0.05, 0.1) is 17.5 Å². The predicted octanol–water partition coefficient (Wildman–Crippen LogP) is 1.41. The first-order valence-electron chi connectivity index (χ1n) is 7.93. The summed E-state index contributed by atoms with van der Waals surface area (Å²) >= 11 is 1.51. The van der Waals surface area contributed by atoms with Crippen molar-refractivity contribution < 1.29 is 9.90 Å². The Balaban J connectivity index is 1.54. The average molecular weight is 345 g/mol. The van der Waals surface area contributed by atoms with Gasteiger partial charge in [-0.05, 0) is 26.3 Å². The maximum absolute atomic E-state index is 12.9. The molecule has 0 unspecified atom stereocenters. The number of nitrogens with zero attached hydrogens (tertiary/aromatic N) is 4. The highest BCUT2D eigenvalue weighted by molar-refractivity contribution is 7.15. The maximum Gasteiger partial charge on any atom is 0.272 e. The minimum Gasteiger partial charge on any atom is -0.391 e. The number of aromatic nitrogens is 4. The maximum atomic E-state index is 12.9. The third-order valence-electron chi connectivity index (χ3n) is 4.56. The molecule has 0 radical (unpaired) electrons. The first kappa shape index (κ1) is 15.3. The first-order chi connectivity index (χ1) is 11.5. The van der Waals surface area contributed by atoms with Crippen LogP contribution in [0.2, 0.25) is 0 Å². The number of aliphatic hydroxyl groups is 1. The SMILES string of the molecule is Cc1cc(C[C@@H]2CN(C(=O)c3c(C)nc4sccn34)C[C@@H]2O)n[nH]1. The lowest BCUT2D eigenvalue weighted by atomic mass is 10.0. The van der Waals surface area contributed by atoms with E-state index >= 15 is 0 Å². The number of aryl methyl sites for hydroxylation is 2. The van der Waals surface area contributed by atoms with Gasteiger partial charge in [0, 0.05) is 36.3 Å². The summed E-state index contributed by atoms with van der Waals surface area (Å²) in [6.07, 6.45) is 2.00. The summed E-state index contributed by atoms with van der Waals surface area (Å²) in [7, 11) is 0. The van der Waals surface area contributed by atoms with E-state index in [9.17, 15) is 9.90 Å². The summed E-state index contributed by atoms with van der Waals surface area (Å²) in [5.74, 6) is -0.0685. The molecule has 4 heterocycles. The van der Waals surface area contributed by atoms with E-state index in [-0.39, 0.29) is 11.8 Å².